The lowest BCUT2D eigenvalue weighted by atomic mass is 10.1. The number of non-ortho nitro benzene ring substituents is 1. The molecule has 0 bridgehead atoms. The summed E-state index contributed by atoms with van der Waals surface area (Å²) in [4.78, 5) is 39.7. The molecule has 0 aliphatic carbocycles. The van der Waals surface area contributed by atoms with Crippen LogP contribution in [0.15, 0.2) is 71.6 Å². The maximum Gasteiger partial charge on any atom is 0.416 e. The quantitative estimate of drug-likeness (QED) is 0.112. The highest BCUT2D eigenvalue weighted by molar-refractivity contribution is 8.27. The molecule has 3 aromatic carbocycles. The summed E-state index contributed by atoms with van der Waals surface area (Å²) < 4.78 is 45.7. The number of rotatable bonds is 10. The first kappa shape index (κ1) is 31.5. The van der Waals surface area contributed by atoms with Crippen molar-refractivity contribution in [3.8, 4) is 5.75 Å². The fourth-order valence-electron chi connectivity index (χ4n) is 4.24. The largest absolute Gasteiger partial charge is 0.483 e. The number of nitro groups is 1. The number of halogens is 3. The highest BCUT2D eigenvalue weighted by Crippen LogP contribution is 2.39. The van der Waals surface area contributed by atoms with Gasteiger partial charge in [-0.3, -0.25) is 24.6 Å². The molecule has 224 valence electrons. The number of nitro benzene ring substituents is 1. The molecule has 2 amide bonds. The summed E-state index contributed by atoms with van der Waals surface area (Å²) in [6.45, 7) is 4.89. The number of alkyl halides is 3. The normalized spacial score (nSPS) is 14.3. The first-order valence-corrected chi connectivity index (χ1v) is 14.1. The molecule has 1 aliphatic heterocycles. The topological polar surface area (TPSA) is 105 Å². The maximum absolute atomic E-state index is 13.3. The van der Waals surface area contributed by atoms with Gasteiger partial charge in [-0.2, -0.15) is 13.2 Å². The second-order valence-corrected chi connectivity index (χ2v) is 10.8. The molecule has 0 unspecified atom stereocenters. The van der Waals surface area contributed by atoms with E-state index < -0.39 is 35.1 Å². The van der Waals surface area contributed by atoms with Crippen LogP contribution in [0.5, 0.6) is 5.75 Å². The molecule has 1 fully saturated rings. The van der Waals surface area contributed by atoms with Crippen molar-refractivity contribution in [1.82, 2.24) is 0 Å². The van der Waals surface area contributed by atoms with Crippen molar-refractivity contribution in [2.24, 2.45) is 0 Å². The van der Waals surface area contributed by atoms with E-state index in [4.69, 9.17) is 17.0 Å². The Hall–Kier alpha value is -4.43. The van der Waals surface area contributed by atoms with E-state index in [1.807, 2.05) is 24.8 Å². The Balaban J connectivity index is 1.60. The van der Waals surface area contributed by atoms with Crippen LogP contribution in [0.25, 0.3) is 6.08 Å². The SMILES string of the molecule is CCN(CC)c1ccc(/C=C2\SC(=S)N(c3cccc(C(F)(F)F)c3)C2=O)c(OCC(=O)Nc2cccc([N+](=O)[O-])c2)c1. The summed E-state index contributed by atoms with van der Waals surface area (Å²) in [5.41, 5.74) is 0.353. The fourth-order valence-corrected chi connectivity index (χ4v) is 5.53. The monoisotopic (exact) mass is 630 g/mol. The van der Waals surface area contributed by atoms with Gasteiger partial charge in [-0.05, 0) is 56.3 Å². The molecule has 14 heteroatoms. The highest BCUT2D eigenvalue weighted by Gasteiger charge is 2.36. The average molecular weight is 631 g/mol. The number of carbonyl (C=O) groups is 2. The Morgan fingerprint density at radius 2 is 1.84 bits per heavy atom. The number of benzene rings is 3. The number of hydrogen-bond donors (Lipinski definition) is 1. The van der Waals surface area contributed by atoms with Crippen LogP contribution in [-0.4, -0.2) is 40.8 Å². The standard InChI is InChI=1S/C29H25F3N4O5S2/c1-3-34(4-2)21-12-11-18(24(16-21)41-17-26(37)33-20-8-6-10-23(15-20)36(39)40)13-25-27(38)35(28(42)43-25)22-9-5-7-19(14-22)29(30,31)32/h5-16H,3-4,17H2,1-2H3,(H,33,37)/b25-13-. The zero-order chi connectivity index (χ0) is 31.3. The van der Waals surface area contributed by atoms with Crippen LogP contribution >= 0.6 is 24.0 Å². The summed E-state index contributed by atoms with van der Waals surface area (Å²) in [6.07, 6.45) is -3.08. The number of thiocarbonyl (C=S) groups is 1. The number of hydrogen-bond acceptors (Lipinski definition) is 8. The van der Waals surface area contributed by atoms with Crippen molar-refractivity contribution in [3.63, 3.8) is 0 Å². The van der Waals surface area contributed by atoms with Crippen LogP contribution in [0.2, 0.25) is 0 Å². The molecule has 1 heterocycles. The molecule has 1 saturated heterocycles. The number of thioether (sulfide) groups is 1. The van der Waals surface area contributed by atoms with Gasteiger partial charge in [0, 0.05) is 48.2 Å². The van der Waals surface area contributed by atoms with Gasteiger partial charge >= 0.3 is 6.18 Å². The number of anilines is 3. The fraction of sp³-hybridized carbons (Fsp3) is 0.207. The first-order valence-electron chi connectivity index (χ1n) is 12.9. The molecule has 0 aromatic heterocycles. The minimum Gasteiger partial charge on any atom is -0.483 e. The van der Waals surface area contributed by atoms with Crippen LogP contribution in [0, 0.1) is 10.1 Å². The lowest BCUT2D eigenvalue weighted by Crippen LogP contribution is -2.27. The van der Waals surface area contributed by atoms with Crippen molar-refractivity contribution in [2.45, 2.75) is 20.0 Å². The van der Waals surface area contributed by atoms with Gasteiger partial charge in [-0.1, -0.05) is 36.1 Å². The molecule has 0 radical (unpaired) electrons. The summed E-state index contributed by atoms with van der Waals surface area (Å²) in [6, 6.07) is 15.1. The van der Waals surface area contributed by atoms with E-state index in [1.165, 1.54) is 42.5 Å². The third-order valence-electron chi connectivity index (χ3n) is 6.34. The summed E-state index contributed by atoms with van der Waals surface area (Å²) in [7, 11) is 0. The minimum absolute atomic E-state index is 0.00750. The second-order valence-electron chi connectivity index (χ2n) is 9.10. The van der Waals surface area contributed by atoms with E-state index in [-0.39, 0.29) is 32.0 Å². The molecule has 0 atom stereocenters. The van der Waals surface area contributed by atoms with Gasteiger partial charge in [-0.25, -0.2) is 0 Å². The predicted molar refractivity (Wildman–Crippen MR) is 164 cm³/mol. The summed E-state index contributed by atoms with van der Waals surface area (Å²) in [5.74, 6) is -0.907. The third-order valence-corrected chi connectivity index (χ3v) is 7.64. The van der Waals surface area contributed by atoms with Crippen molar-refractivity contribution in [2.75, 3.05) is 34.8 Å². The molecule has 0 saturated carbocycles. The molecule has 1 aliphatic rings. The number of nitrogens with one attached hydrogen (secondary N) is 1. The summed E-state index contributed by atoms with van der Waals surface area (Å²) in [5, 5.41) is 13.6. The van der Waals surface area contributed by atoms with Crippen molar-refractivity contribution < 1.29 is 32.4 Å². The maximum atomic E-state index is 13.3. The minimum atomic E-state index is -4.59. The summed E-state index contributed by atoms with van der Waals surface area (Å²) >= 11 is 6.26. The lowest BCUT2D eigenvalue weighted by molar-refractivity contribution is -0.384. The van der Waals surface area contributed by atoms with Gasteiger partial charge in [0.25, 0.3) is 17.5 Å². The second kappa shape index (κ2) is 13.3. The smallest absolute Gasteiger partial charge is 0.416 e. The van der Waals surface area contributed by atoms with E-state index in [2.05, 4.69) is 5.32 Å². The van der Waals surface area contributed by atoms with Crippen molar-refractivity contribution in [3.05, 3.63) is 92.9 Å². The number of amides is 2. The predicted octanol–water partition coefficient (Wildman–Crippen LogP) is 6.88. The van der Waals surface area contributed by atoms with E-state index in [1.54, 1.807) is 12.1 Å². The van der Waals surface area contributed by atoms with E-state index in [9.17, 15) is 32.9 Å². The highest BCUT2D eigenvalue weighted by atomic mass is 32.2. The number of carbonyl (C=O) groups excluding carboxylic acids is 2. The van der Waals surface area contributed by atoms with Gasteiger partial charge in [0.1, 0.15) is 5.75 Å². The lowest BCUT2D eigenvalue weighted by Gasteiger charge is -2.22. The van der Waals surface area contributed by atoms with Gasteiger partial charge in [0.15, 0.2) is 10.9 Å². The van der Waals surface area contributed by atoms with E-state index >= 15 is 0 Å². The van der Waals surface area contributed by atoms with Gasteiger partial charge < -0.3 is 15.0 Å². The third kappa shape index (κ3) is 7.51. The Kier molecular flexibility index (Phi) is 9.71. The molecule has 43 heavy (non-hydrogen) atoms. The molecule has 4 rings (SSSR count). The van der Waals surface area contributed by atoms with Crippen LogP contribution < -0.4 is 19.9 Å². The van der Waals surface area contributed by atoms with Gasteiger partial charge in [0.05, 0.1) is 21.1 Å². The molecular weight excluding hydrogens is 605 g/mol. The van der Waals surface area contributed by atoms with E-state index in [0.29, 0.717) is 18.7 Å². The molecule has 3 aromatic rings. The average Bonchev–Trinajstić information content (AvgIpc) is 3.25. The molecule has 1 N–H and O–H groups in total. The van der Waals surface area contributed by atoms with Crippen molar-refractivity contribution >= 4 is 68.9 Å². The van der Waals surface area contributed by atoms with Crippen LogP contribution in [0.1, 0.15) is 25.0 Å². The number of nitrogens with zero attached hydrogens (tertiary/aromatic N) is 3. The van der Waals surface area contributed by atoms with Crippen molar-refractivity contribution in [1.29, 1.82) is 0 Å². The Morgan fingerprint density at radius 3 is 2.51 bits per heavy atom. The van der Waals surface area contributed by atoms with Crippen LogP contribution in [0.3, 0.4) is 0 Å². The van der Waals surface area contributed by atoms with Gasteiger partial charge in [-0.15, -0.1) is 0 Å². The van der Waals surface area contributed by atoms with Crippen LogP contribution in [0.4, 0.5) is 35.9 Å². The number of ether oxygens (including phenoxy) is 1. The first-order chi connectivity index (χ1) is 20.4. The zero-order valence-electron chi connectivity index (χ0n) is 22.9. The molecular formula is C29H25F3N4O5S2. The Morgan fingerprint density at radius 1 is 1.12 bits per heavy atom. The zero-order valence-corrected chi connectivity index (χ0v) is 24.5. The molecule has 0 spiro atoms. The molecule has 9 nitrogen and oxygen atoms in total. The Labute approximate surface area is 254 Å². The van der Waals surface area contributed by atoms with E-state index in [0.717, 1.165) is 34.5 Å². The Bertz CT molecular complexity index is 1610. The van der Waals surface area contributed by atoms with Crippen LogP contribution in [-0.2, 0) is 15.8 Å². The van der Waals surface area contributed by atoms with Gasteiger partial charge in [0.2, 0.25) is 0 Å².